The molecule has 0 radical (unpaired) electrons. The van der Waals surface area contributed by atoms with Gasteiger partial charge in [0.2, 0.25) is 0 Å². The van der Waals surface area contributed by atoms with E-state index in [0.717, 1.165) is 21.3 Å². The lowest BCUT2D eigenvalue weighted by Crippen LogP contribution is -2.49. The van der Waals surface area contributed by atoms with E-state index in [1.165, 1.54) is 23.0 Å². The largest absolute Gasteiger partial charge is 0.444 e. The van der Waals surface area contributed by atoms with Crippen molar-refractivity contribution in [3.8, 4) is 22.8 Å². The first-order chi connectivity index (χ1) is 21.7. The van der Waals surface area contributed by atoms with Gasteiger partial charge in [-0.25, -0.2) is 28.5 Å². The quantitative estimate of drug-likeness (QED) is 0.264. The molecule has 3 heterocycles. The molecular weight excluding hydrogens is 603 g/mol. The average molecular weight is 636 g/mol. The molecule has 240 valence electrons. The monoisotopic (exact) mass is 635 g/mol. The third kappa shape index (κ3) is 6.53. The van der Waals surface area contributed by atoms with Crippen molar-refractivity contribution >= 4 is 17.8 Å². The lowest BCUT2D eigenvalue weighted by Gasteiger charge is -2.33. The number of benzene rings is 2. The van der Waals surface area contributed by atoms with E-state index in [1.54, 1.807) is 62.9 Å². The smallest absolute Gasteiger partial charge is 0.416 e. The molecule has 1 aliphatic rings. The molecule has 0 aliphatic carbocycles. The molecule has 1 fully saturated rings. The van der Waals surface area contributed by atoms with Gasteiger partial charge in [0.15, 0.2) is 5.69 Å². The first kappa shape index (κ1) is 32.1. The van der Waals surface area contributed by atoms with Gasteiger partial charge in [-0.3, -0.25) is 4.57 Å². The molecule has 1 aliphatic heterocycles. The van der Waals surface area contributed by atoms with E-state index in [-0.39, 0.29) is 17.1 Å². The number of aromatic nitrogens is 4. The minimum Gasteiger partial charge on any atom is -0.444 e. The first-order valence-electron chi connectivity index (χ1n) is 14.5. The van der Waals surface area contributed by atoms with Gasteiger partial charge >= 0.3 is 24.0 Å². The molecule has 46 heavy (non-hydrogen) atoms. The summed E-state index contributed by atoms with van der Waals surface area (Å²) in [6, 6.07) is 11.2. The topological polar surface area (TPSA) is 108 Å². The second-order valence-corrected chi connectivity index (χ2v) is 11.9. The maximum atomic E-state index is 14.0. The van der Waals surface area contributed by atoms with Crippen LogP contribution in [0.4, 0.5) is 28.4 Å². The minimum absolute atomic E-state index is 0.0664. The maximum absolute atomic E-state index is 14.0. The van der Waals surface area contributed by atoms with Gasteiger partial charge in [0.25, 0.3) is 0 Å². The first-order valence-corrected chi connectivity index (χ1v) is 14.5. The number of hydrogen-bond acceptors (Lipinski definition) is 5. The van der Waals surface area contributed by atoms with E-state index >= 15 is 0 Å². The summed E-state index contributed by atoms with van der Waals surface area (Å²) in [5.41, 5.74) is -0.949. The van der Waals surface area contributed by atoms with Crippen LogP contribution in [-0.2, 0) is 10.9 Å². The zero-order chi connectivity index (χ0) is 33.4. The number of alkyl halides is 3. The molecule has 0 saturated carbocycles. The van der Waals surface area contributed by atoms with Crippen molar-refractivity contribution in [3.63, 3.8) is 0 Å². The van der Waals surface area contributed by atoms with E-state index < -0.39 is 41.2 Å². The van der Waals surface area contributed by atoms with Crippen molar-refractivity contribution in [1.82, 2.24) is 29.1 Å². The lowest BCUT2D eigenvalue weighted by atomic mass is 10.1. The van der Waals surface area contributed by atoms with Crippen molar-refractivity contribution in [3.05, 3.63) is 94.0 Å². The molecule has 0 atom stereocenters. The number of carbonyl (C=O) groups excluding carboxylic acids is 2. The van der Waals surface area contributed by atoms with E-state index in [9.17, 15) is 27.6 Å². The molecule has 4 aromatic rings. The van der Waals surface area contributed by atoms with Crippen LogP contribution >= 0.6 is 0 Å². The number of ether oxygens (including phenoxy) is 1. The number of rotatable bonds is 4. The third-order valence-corrected chi connectivity index (χ3v) is 7.50. The van der Waals surface area contributed by atoms with Gasteiger partial charge < -0.3 is 15.0 Å². The van der Waals surface area contributed by atoms with E-state index in [2.05, 4.69) is 15.3 Å². The normalized spacial score (nSPS) is 14.2. The highest BCUT2D eigenvalue weighted by molar-refractivity contribution is 5.83. The van der Waals surface area contributed by atoms with Gasteiger partial charge in [-0.05, 0) is 76.9 Å². The zero-order valence-electron chi connectivity index (χ0n) is 25.6. The van der Waals surface area contributed by atoms with E-state index in [1.807, 2.05) is 0 Å². The van der Waals surface area contributed by atoms with Crippen molar-refractivity contribution in [1.29, 1.82) is 0 Å². The number of halogens is 3. The Morgan fingerprint density at radius 3 is 2.30 bits per heavy atom. The highest BCUT2D eigenvalue weighted by Gasteiger charge is 2.33. The van der Waals surface area contributed by atoms with Crippen LogP contribution in [0.1, 0.15) is 44.9 Å². The third-order valence-electron chi connectivity index (χ3n) is 7.50. The van der Waals surface area contributed by atoms with Crippen molar-refractivity contribution in [2.45, 2.75) is 58.4 Å². The summed E-state index contributed by atoms with van der Waals surface area (Å²) in [4.78, 5) is 45.4. The number of carbonyl (C=O) groups is 2. The fourth-order valence-electron chi connectivity index (χ4n) is 5.35. The molecule has 0 bridgehead atoms. The molecule has 5 rings (SSSR count). The van der Waals surface area contributed by atoms with E-state index in [4.69, 9.17) is 11.3 Å². The molecule has 14 heteroatoms. The highest BCUT2D eigenvalue weighted by atomic mass is 19.4. The van der Waals surface area contributed by atoms with Crippen LogP contribution < -0.4 is 11.0 Å². The lowest BCUT2D eigenvalue weighted by molar-refractivity contribution is -0.137. The molecule has 11 nitrogen and oxygen atoms in total. The number of nitrogens with zero attached hydrogens (tertiary/aromatic N) is 6. The molecule has 2 amide bonds. The summed E-state index contributed by atoms with van der Waals surface area (Å²) >= 11 is 0. The number of nitrogens with one attached hydrogen (secondary N) is 1. The SMILES string of the molecule is [C-]#[N+]c1ccc(-n2nccc2-c2c(C)n(-c3cccc(C(F)(F)F)c3)c(=O)n2C(=O)NC2CCN(C(=O)OC(C)(C)C)CC2)cc1. The van der Waals surface area contributed by atoms with Crippen molar-refractivity contribution in [2.75, 3.05) is 13.1 Å². The van der Waals surface area contributed by atoms with Gasteiger partial charge in [-0.1, -0.05) is 18.2 Å². The second kappa shape index (κ2) is 12.2. The molecular formula is C32H32F3N7O4. The number of amides is 2. The Labute approximate surface area is 262 Å². The van der Waals surface area contributed by atoms with Crippen LogP contribution in [-0.4, -0.2) is 60.7 Å². The molecule has 1 saturated heterocycles. The Kier molecular flexibility index (Phi) is 8.53. The van der Waals surface area contributed by atoms with Gasteiger partial charge in [0, 0.05) is 19.1 Å². The molecule has 2 aromatic carbocycles. The number of piperidine rings is 1. The van der Waals surface area contributed by atoms with Crippen LogP contribution in [0.25, 0.3) is 27.6 Å². The summed E-state index contributed by atoms with van der Waals surface area (Å²) in [6.07, 6.45) is -2.84. The second-order valence-electron chi connectivity index (χ2n) is 11.9. The number of hydrogen-bond donors (Lipinski definition) is 1. The van der Waals surface area contributed by atoms with Crippen molar-refractivity contribution < 1.29 is 27.5 Å². The molecule has 2 aromatic heterocycles. The Morgan fingerprint density at radius 1 is 1.02 bits per heavy atom. The Hall–Kier alpha value is -5.32. The van der Waals surface area contributed by atoms with Gasteiger partial charge in [-0.15, -0.1) is 0 Å². The van der Waals surface area contributed by atoms with Crippen LogP contribution in [0.15, 0.2) is 65.6 Å². The predicted molar refractivity (Wildman–Crippen MR) is 163 cm³/mol. The fourth-order valence-corrected chi connectivity index (χ4v) is 5.35. The van der Waals surface area contributed by atoms with Crippen LogP contribution in [0.5, 0.6) is 0 Å². The van der Waals surface area contributed by atoms with Gasteiger partial charge in [0.1, 0.15) is 11.3 Å². The van der Waals surface area contributed by atoms with E-state index in [0.29, 0.717) is 43.0 Å². The minimum atomic E-state index is -4.65. The summed E-state index contributed by atoms with van der Waals surface area (Å²) in [6.45, 7) is 14.7. The summed E-state index contributed by atoms with van der Waals surface area (Å²) in [5, 5.41) is 7.25. The van der Waals surface area contributed by atoms with Crippen LogP contribution in [0.3, 0.4) is 0 Å². The Bertz CT molecular complexity index is 1870. The van der Waals surface area contributed by atoms with Crippen molar-refractivity contribution in [2.24, 2.45) is 0 Å². The molecule has 0 spiro atoms. The Balaban J connectivity index is 1.54. The number of imidazole rings is 1. The molecule has 0 unspecified atom stereocenters. The Morgan fingerprint density at radius 2 is 1.70 bits per heavy atom. The average Bonchev–Trinajstić information content (AvgIpc) is 3.58. The molecule has 1 N–H and O–H groups in total. The summed E-state index contributed by atoms with van der Waals surface area (Å²) in [7, 11) is 0. The summed E-state index contributed by atoms with van der Waals surface area (Å²) in [5.74, 6) is 0. The number of likely N-dealkylation sites (tertiary alicyclic amines) is 1. The van der Waals surface area contributed by atoms with Gasteiger partial charge in [-0.2, -0.15) is 18.3 Å². The van der Waals surface area contributed by atoms with Crippen LogP contribution in [0, 0.1) is 13.5 Å². The zero-order valence-corrected chi connectivity index (χ0v) is 25.6. The fraction of sp³-hybridized carbons (Fsp3) is 0.344. The predicted octanol–water partition coefficient (Wildman–Crippen LogP) is 6.33. The standard InChI is InChI=1S/C32H32F3N7O4/c1-20-27(26-13-16-37-42(26)24-11-9-22(36-5)10-12-24)41(29(44)40(20)25-8-6-7-21(19-25)32(33,34)35)28(43)38-23-14-17-39(18-15-23)30(45)46-31(2,3)4/h6-13,16,19,23H,14-15,17-18H2,1-4H3,(H,38,43). The van der Waals surface area contributed by atoms with Crippen LogP contribution in [0.2, 0.25) is 0 Å². The van der Waals surface area contributed by atoms with Gasteiger partial charge in [0.05, 0.1) is 41.1 Å². The summed E-state index contributed by atoms with van der Waals surface area (Å²) < 4.78 is 49.7. The highest BCUT2D eigenvalue weighted by Crippen LogP contribution is 2.32. The maximum Gasteiger partial charge on any atom is 0.416 e.